The number of carbonyl (C=O) groups is 1. The molecule has 2 aromatic carbocycles. The molecule has 1 amide bonds. The molecule has 0 radical (unpaired) electrons. The number of fused-ring (bicyclic) bond motifs is 2. The minimum absolute atomic E-state index is 0.0609. The minimum atomic E-state index is -1.74. The van der Waals surface area contributed by atoms with E-state index in [0.29, 0.717) is 12.2 Å². The zero-order chi connectivity index (χ0) is 20.2. The van der Waals surface area contributed by atoms with E-state index in [1.165, 1.54) is 0 Å². The van der Waals surface area contributed by atoms with E-state index < -0.39 is 19.2 Å². The second-order valence-corrected chi connectivity index (χ2v) is 7.10. The van der Waals surface area contributed by atoms with Crippen LogP contribution in [0.2, 0.25) is 0 Å². The lowest BCUT2D eigenvalue weighted by Crippen LogP contribution is -2.48. The predicted molar refractivity (Wildman–Crippen MR) is 107 cm³/mol. The fourth-order valence-electron chi connectivity index (χ4n) is 3.48. The molecule has 3 aromatic rings. The van der Waals surface area contributed by atoms with Crippen LogP contribution in [0, 0.1) is 0 Å². The number of rotatable bonds is 6. The van der Waals surface area contributed by atoms with E-state index in [4.69, 9.17) is 13.9 Å². The standard InChI is InChI=1S/C21H22BNO6/c24-21(29-12-14-7-8-15-4-3-9-27-19(15)10-14)23-20(22(25)26)11-16-13-28-18-6-2-1-5-17(16)18/h1-2,5-8,10,13,20,25-26H,3-4,9,11-12H2,(H,23,24)/t20-/m0/s1. The van der Waals surface area contributed by atoms with Gasteiger partial charge in [0.15, 0.2) is 0 Å². The molecule has 1 aromatic heterocycles. The number of hydrogen-bond acceptors (Lipinski definition) is 6. The Balaban J connectivity index is 1.36. The highest BCUT2D eigenvalue weighted by Crippen LogP contribution is 2.26. The van der Waals surface area contributed by atoms with Gasteiger partial charge in [-0.15, -0.1) is 0 Å². The molecule has 0 bridgehead atoms. The number of para-hydroxylation sites is 1. The summed E-state index contributed by atoms with van der Waals surface area (Å²) in [7, 11) is -1.74. The van der Waals surface area contributed by atoms with Crippen molar-refractivity contribution in [1.29, 1.82) is 0 Å². The average Bonchev–Trinajstić information content (AvgIpc) is 3.14. The highest BCUT2D eigenvalue weighted by molar-refractivity contribution is 6.43. The molecule has 150 valence electrons. The maximum Gasteiger partial charge on any atom is 0.475 e. The number of hydrogen-bond donors (Lipinski definition) is 3. The molecule has 1 aliphatic rings. The average molecular weight is 395 g/mol. The third-order valence-electron chi connectivity index (χ3n) is 5.01. The van der Waals surface area contributed by atoms with Crippen LogP contribution < -0.4 is 10.1 Å². The highest BCUT2D eigenvalue weighted by Gasteiger charge is 2.27. The van der Waals surface area contributed by atoms with Crippen LogP contribution in [0.15, 0.2) is 53.1 Å². The summed E-state index contributed by atoms with van der Waals surface area (Å²) in [6.45, 7) is 0.752. The molecular formula is C21H22BNO6. The lowest BCUT2D eigenvalue weighted by atomic mass is 9.76. The third-order valence-corrected chi connectivity index (χ3v) is 5.01. The summed E-state index contributed by atoms with van der Waals surface area (Å²) in [6, 6.07) is 13.2. The topological polar surface area (TPSA) is 101 Å². The van der Waals surface area contributed by atoms with Crippen LogP contribution in [0.25, 0.3) is 11.0 Å². The second kappa shape index (κ2) is 8.59. The highest BCUT2D eigenvalue weighted by atomic mass is 16.5. The number of alkyl carbamates (subject to hydrolysis) is 1. The molecule has 8 heteroatoms. The summed E-state index contributed by atoms with van der Waals surface area (Å²) in [4.78, 5) is 12.2. The van der Waals surface area contributed by atoms with Gasteiger partial charge in [-0.1, -0.05) is 30.3 Å². The largest absolute Gasteiger partial charge is 0.493 e. The van der Waals surface area contributed by atoms with Crippen molar-refractivity contribution in [3.05, 3.63) is 65.4 Å². The summed E-state index contributed by atoms with van der Waals surface area (Å²) in [6.07, 6.45) is 3.00. The van der Waals surface area contributed by atoms with E-state index in [-0.39, 0.29) is 13.0 Å². The van der Waals surface area contributed by atoms with Gasteiger partial charge in [0.25, 0.3) is 0 Å². The zero-order valence-electron chi connectivity index (χ0n) is 15.8. The normalized spacial score (nSPS) is 14.0. The minimum Gasteiger partial charge on any atom is -0.493 e. The van der Waals surface area contributed by atoms with E-state index in [1.807, 2.05) is 42.5 Å². The molecule has 7 nitrogen and oxygen atoms in total. The second-order valence-electron chi connectivity index (χ2n) is 7.10. The van der Waals surface area contributed by atoms with Crippen molar-refractivity contribution in [2.24, 2.45) is 0 Å². The van der Waals surface area contributed by atoms with Crippen LogP contribution in [0.4, 0.5) is 4.79 Å². The molecule has 0 fully saturated rings. The van der Waals surface area contributed by atoms with E-state index in [1.54, 1.807) is 6.26 Å². The molecule has 1 atom stereocenters. The first-order valence-electron chi connectivity index (χ1n) is 9.59. The lowest BCUT2D eigenvalue weighted by Gasteiger charge is -2.19. The van der Waals surface area contributed by atoms with Crippen LogP contribution in [0.5, 0.6) is 5.75 Å². The van der Waals surface area contributed by atoms with Crippen molar-refractivity contribution in [3.63, 3.8) is 0 Å². The Morgan fingerprint density at radius 3 is 2.97 bits per heavy atom. The summed E-state index contributed by atoms with van der Waals surface area (Å²) < 4.78 is 16.4. The van der Waals surface area contributed by atoms with Crippen molar-refractivity contribution < 1.29 is 28.7 Å². The number of carbonyl (C=O) groups excluding carboxylic acids is 1. The molecule has 0 saturated heterocycles. The zero-order valence-corrected chi connectivity index (χ0v) is 15.8. The first-order valence-corrected chi connectivity index (χ1v) is 9.59. The van der Waals surface area contributed by atoms with Crippen LogP contribution >= 0.6 is 0 Å². The number of furan rings is 1. The molecule has 0 aliphatic carbocycles. The van der Waals surface area contributed by atoms with E-state index in [0.717, 1.165) is 40.7 Å². The summed E-state index contributed by atoms with van der Waals surface area (Å²) in [5.74, 6) is -0.108. The molecule has 0 spiro atoms. The quantitative estimate of drug-likeness (QED) is 0.555. The molecule has 29 heavy (non-hydrogen) atoms. The van der Waals surface area contributed by atoms with E-state index >= 15 is 0 Å². The van der Waals surface area contributed by atoms with Crippen molar-refractivity contribution >= 4 is 24.2 Å². The number of aryl methyl sites for hydroxylation is 1. The summed E-state index contributed by atoms with van der Waals surface area (Å²) in [5.41, 5.74) is 3.43. The van der Waals surface area contributed by atoms with Gasteiger partial charge in [0.05, 0.1) is 18.8 Å². The van der Waals surface area contributed by atoms with Gasteiger partial charge < -0.3 is 29.3 Å². The summed E-state index contributed by atoms with van der Waals surface area (Å²) >= 11 is 0. The molecular weight excluding hydrogens is 373 g/mol. The molecule has 1 aliphatic heterocycles. The predicted octanol–water partition coefficient (Wildman–Crippen LogP) is 2.61. The van der Waals surface area contributed by atoms with Gasteiger partial charge in [-0.05, 0) is 48.1 Å². The molecule has 0 saturated carbocycles. The number of benzene rings is 2. The van der Waals surface area contributed by atoms with Gasteiger partial charge >= 0.3 is 13.2 Å². The number of amides is 1. The van der Waals surface area contributed by atoms with Crippen LogP contribution in [0.3, 0.4) is 0 Å². The number of ether oxygens (including phenoxy) is 2. The summed E-state index contributed by atoms with van der Waals surface area (Å²) in [5, 5.41) is 22.8. The molecule has 2 heterocycles. The first-order chi connectivity index (χ1) is 14.1. The Bertz CT molecular complexity index is 1000. The van der Waals surface area contributed by atoms with E-state index in [9.17, 15) is 14.8 Å². The number of nitrogens with one attached hydrogen (secondary N) is 1. The lowest BCUT2D eigenvalue weighted by molar-refractivity contribution is 0.136. The Kier molecular flexibility index (Phi) is 5.73. The first kappa shape index (κ1) is 19.4. The molecule has 3 N–H and O–H groups in total. The fraction of sp³-hybridized carbons (Fsp3) is 0.286. The third kappa shape index (κ3) is 4.55. The SMILES string of the molecule is O=C(N[C@@H](Cc1coc2ccccc12)B(O)O)OCc1ccc2c(c1)OCCC2. The monoisotopic (exact) mass is 395 g/mol. The van der Waals surface area contributed by atoms with Gasteiger partial charge in [0, 0.05) is 5.39 Å². The van der Waals surface area contributed by atoms with Crippen LogP contribution in [-0.2, 0) is 24.2 Å². The van der Waals surface area contributed by atoms with Crippen LogP contribution in [0.1, 0.15) is 23.1 Å². The Hall–Kier alpha value is -2.97. The van der Waals surface area contributed by atoms with Gasteiger partial charge in [-0.3, -0.25) is 0 Å². The molecule has 0 unspecified atom stereocenters. The smallest absolute Gasteiger partial charge is 0.475 e. The fourth-order valence-corrected chi connectivity index (χ4v) is 3.48. The van der Waals surface area contributed by atoms with Crippen molar-refractivity contribution in [3.8, 4) is 5.75 Å². The van der Waals surface area contributed by atoms with Gasteiger partial charge in [-0.25, -0.2) is 4.79 Å². The Morgan fingerprint density at radius 2 is 2.10 bits per heavy atom. The Labute approximate surface area is 168 Å². The van der Waals surface area contributed by atoms with Gasteiger partial charge in [-0.2, -0.15) is 0 Å². The van der Waals surface area contributed by atoms with Gasteiger partial charge in [0.1, 0.15) is 17.9 Å². The van der Waals surface area contributed by atoms with Crippen molar-refractivity contribution in [2.75, 3.05) is 6.61 Å². The van der Waals surface area contributed by atoms with Crippen molar-refractivity contribution in [1.82, 2.24) is 5.32 Å². The molecule has 4 rings (SSSR count). The maximum atomic E-state index is 12.2. The Morgan fingerprint density at radius 1 is 1.24 bits per heavy atom. The maximum absolute atomic E-state index is 12.2. The van der Waals surface area contributed by atoms with E-state index in [2.05, 4.69) is 5.32 Å². The van der Waals surface area contributed by atoms with Crippen molar-refractivity contribution in [2.45, 2.75) is 31.8 Å². The van der Waals surface area contributed by atoms with Gasteiger partial charge in [0.2, 0.25) is 0 Å². The van der Waals surface area contributed by atoms with Crippen LogP contribution in [-0.4, -0.2) is 35.8 Å².